The van der Waals surface area contributed by atoms with Crippen molar-refractivity contribution in [3.05, 3.63) is 29.3 Å². The van der Waals surface area contributed by atoms with E-state index in [2.05, 4.69) is 10.6 Å². The average Bonchev–Trinajstić information content (AvgIpc) is 2.44. The van der Waals surface area contributed by atoms with Gasteiger partial charge in [0.25, 0.3) is 0 Å². The summed E-state index contributed by atoms with van der Waals surface area (Å²) in [6.45, 7) is 0.752. The van der Waals surface area contributed by atoms with Crippen LogP contribution in [0.25, 0.3) is 0 Å². The summed E-state index contributed by atoms with van der Waals surface area (Å²) in [7, 11) is 0. The SMILES string of the molecule is NC1C2CCCOC2C1NC(=O)Nc1cccc(Cl)c1. The van der Waals surface area contributed by atoms with Crippen LogP contribution in [0.3, 0.4) is 0 Å². The predicted molar refractivity (Wildman–Crippen MR) is 77.8 cm³/mol. The van der Waals surface area contributed by atoms with E-state index in [9.17, 15) is 4.79 Å². The fourth-order valence-corrected chi connectivity index (χ4v) is 3.20. The quantitative estimate of drug-likeness (QED) is 0.781. The molecule has 6 heteroatoms. The second kappa shape index (κ2) is 5.60. The first kappa shape index (κ1) is 13.7. The van der Waals surface area contributed by atoms with Gasteiger partial charge in [-0.15, -0.1) is 0 Å². The number of benzene rings is 1. The highest BCUT2D eigenvalue weighted by Crippen LogP contribution is 2.36. The van der Waals surface area contributed by atoms with E-state index < -0.39 is 0 Å². The van der Waals surface area contributed by atoms with Crippen LogP contribution >= 0.6 is 11.6 Å². The van der Waals surface area contributed by atoms with E-state index in [1.165, 1.54) is 0 Å². The van der Waals surface area contributed by atoms with Crippen molar-refractivity contribution in [1.29, 1.82) is 0 Å². The van der Waals surface area contributed by atoms with Crippen LogP contribution in [0.1, 0.15) is 12.8 Å². The largest absolute Gasteiger partial charge is 0.376 e. The summed E-state index contributed by atoms with van der Waals surface area (Å²) >= 11 is 5.88. The highest BCUT2D eigenvalue weighted by molar-refractivity contribution is 6.30. The molecule has 1 saturated heterocycles. The zero-order chi connectivity index (χ0) is 14.1. The minimum atomic E-state index is -0.277. The number of halogens is 1. The van der Waals surface area contributed by atoms with Gasteiger partial charge in [0.05, 0.1) is 12.1 Å². The van der Waals surface area contributed by atoms with Gasteiger partial charge in [0.2, 0.25) is 0 Å². The van der Waals surface area contributed by atoms with Crippen molar-refractivity contribution < 1.29 is 9.53 Å². The number of hydrogen-bond donors (Lipinski definition) is 3. The van der Waals surface area contributed by atoms with Crippen LogP contribution in [0.15, 0.2) is 24.3 Å². The molecule has 20 heavy (non-hydrogen) atoms. The normalized spacial score (nSPS) is 31.9. The Morgan fingerprint density at radius 2 is 2.30 bits per heavy atom. The molecule has 5 nitrogen and oxygen atoms in total. The van der Waals surface area contributed by atoms with Crippen molar-refractivity contribution in [2.45, 2.75) is 31.0 Å². The molecule has 1 aromatic carbocycles. The number of amides is 2. The highest BCUT2D eigenvalue weighted by Gasteiger charge is 2.51. The predicted octanol–water partition coefficient (Wildman–Crippen LogP) is 1.97. The summed E-state index contributed by atoms with van der Waals surface area (Å²) in [5.41, 5.74) is 6.76. The smallest absolute Gasteiger partial charge is 0.319 e. The maximum absolute atomic E-state index is 12.0. The van der Waals surface area contributed by atoms with Gasteiger partial charge in [0, 0.05) is 29.3 Å². The molecule has 1 aliphatic carbocycles. The van der Waals surface area contributed by atoms with Crippen molar-refractivity contribution >= 4 is 23.3 Å². The molecule has 4 unspecified atom stereocenters. The van der Waals surface area contributed by atoms with Gasteiger partial charge in [0.1, 0.15) is 0 Å². The number of carbonyl (C=O) groups is 1. The molecular formula is C14H18ClN3O2. The summed E-state index contributed by atoms with van der Waals surface area (Å²) in [4.78, 5) is 12.0. The molecule has 4 N–H and O–H groups in total. The van der Waals surface area contributed by atoms with Gasteiger partial charge in [0.15, 0.2) is 0 Å². The lowest BCUT2D eigenvalue weighted by Gasteiger charge is -2.52. The van der Waals surface area contributed by atoms with Crippen LogP contribution in [0, 0.1) is 5.92 Å². The van der Waals surface area contributed by atoms with Crippen LogP contribution in [-0.2, 0) is 4.74 Å². The van der Waals surface area contributed by atoms with E-state index in [-0.39, 0.29) is 24.2 Å². The summed E-state index contributed by atoms with van der Waals surface area (Å²) in [6.07, 6.45) is 2.19. The number of rotatable bonds is 2. The van der Waals surface area contributed by atoms with Crippen molar-refractivity contribution in [1.82, 2.24) is 5.32 Å². The molecule has 0 bridgehead atoms. The zero-order valence-corrected chi connectivity index (χ0v) is 11.8. The first-order chi connectivity index (χ1) is 9.65. The van der Waals surface area contributed by atoms with E-state index in [1.54, 1.807) is 24.3 Å². The highest BCUT2D eigenvalue weighted by atomic mass is 35.5. The molecule has 2 fully saturated rings. The van der Waals surface area contributed by atoms with Crippen LogP contribution in [0.5, 0.6) is 0 Å². The average molecular weight is 296 g/mol. The molecule has 0 spiro atoms. The number of nitrogens with two attached hydrogens (primary N) is 1. The zero-order valence-electron chi connectivity index (χ0n) is 11.0. The third-order valence-corrected chi connectivity index (χ3v) is 4.29. The minimum absolute atomic E-state index is 0.0228. The lowest BCUT2D eigenvalue weighted by molar-refractivity contribution is -0.116. The number of ether oxygens (including phenoxy) is 1. The lowest BCUT2D eigenvalue weighted by atomic mass is 9.69. The summed E-state index contributed by atoms with van der Waals surface area (Å²) < 4.78 is 5.69. The molecule has 0 radical (unpaired) electrons. The Hall–Kier alpha value is -1.30. The molecule has 1 aliphatic heterocycles. The molecule has 2 amide bonds. The first-order valence-corrected chi connectivity index (χ1v) is 7.23. The maximum Gasteiger partial charge on any atom is 0.319 e. The van der Waals surface area contributed by atoms with E-state index in [4.69, 9.17) is 22.1 Å². The van der Waals surface area contributed by atoms with Gasteiger partial charge in [-0.2, -0.15) is 0 Å². The fourth-order valence-electron chi connectivity index (χ4n) is 3.01. The molecule has 2 aliphatic rings. The first-order valence-electron chi connectivity index (χ1n) is 6.85. The number of hydrogen-bond acceptors (Lipinski definition) is 3. The molecule has 4 atom stereocenters. The molecule has 3 rings (SSSR count). The van der Waals surface area contributed by atoms with E-state index in [0.29, 0.717) is 16.6 Å². The Morgan fingerprint density at radius 3 is 3.10 bits per heavy atom. The number of carbonyl (C=O) groups excluding carboxylic acids is 1. The summed E-state index contributed by atoms with van der Waals surface area (Å²) in [5, 5.41) is 6.22. The Bertz CT molecular complexity index is 511. The number of fused-ring (bicyclic) bond motifs is 1. The van der Waals surface area contributed by atoms with Crippen molar-refractivity contribution in [3.8, 4) is 0 Å². The molecule has 108 valence electrons. The van der Waals surface area contributed by atoms with Gasteiger partial charge in [-0.3, -0.25) is 0 Å². The van der Waals surface area contributed by atoms with Gasteiger partial charge < -0.3 is 21.1 Å². The third kappa shape index (κ3) is 2.61. The van der Waals surface area contributed by atoms with Gasteiger partial charge in [-0.1, -0.05) is 17.7 Å². The van der Waals surface area contributed by atoms with E-state index >= 15 is 0 Å². The lowest BCUT2D eigenvalue weighted by Crippen LogP contribution is -2.72. The Kier molecular flexibility index (Phi) is 3.83. The molecule has 1 heterocycles. The van der Waals surface area contributed by atoms with Gasteiger partial charge >= 0.3 is 6.03 Å². The summed E-state index contributed by atoms with van der Waals surface area (Å²) in [6, 6.07) is 6.61. The summed E-state index contributed by atoms with van der Waals surface area (Å²) in [5.74, 6) is 0.375. The second-order valence-corrected chi connectivity index (χ2v) is 5.79. The Labute approximate surface area is 122 Å². The standard InChI is InChI=1S/C14H18ClN3O2/c15-8-3-1-4-9(7-8)17-14(19)18-12-11(16)10-5-2-6-20-13(10)12/h1,3-4,7,10-13H,2,5-6,16H2,(H2,17,18,19). The minimum Gasteiger partial charge on any atom is -0.376 e. The topological polar surface area (TPSA) is 76.4 Å². The van der Waals surface area contributed by atoms with Crippen molar-refractivity contribution in [3.63, 3.8) is 0 Å². The number of anilines is 1. The molecule has 0 aromatic heterocycles. The van der Waals surface area contributed by atoms with E-state index in [1.807, 2.05) is 0 Å². The van der Waals surface area contributed by atoms with Crippen LogP contribution in [0.4, 0.5) is 10.5 Å². The van der Waals surface area contributed by atoms with Gasteiger partial charge in [-0.05, 0) is 31.0 Å². The third-order valence-electron chi connectivity index (χ3n) is 4.06. The van der Waals surface area contributed by atoms with Gasteiger partial charge in [-0.25, -0.2) is 4.79 Å². The number of nitrogens with one attached hydrogen (secondary N) is 2. The van der Waals surface area contributed by atoms with E-state index in [0.717, 1.165) is 19.4 Å². The van der Waals surface area contributed by atoms with Crippen LogP contribution in [-0.4, -0.2) is 30.8 Å². The molecule has 1 aromatic rings. The van der Waals surface area contributed by atoms with Crippen LogP contribution in [0.2, 0.25) is 5.02 Å². The number of urea groups is 1. The Balaban J connectivity index is 1.57. The van der Waals surface area contributed by atoms with Crippen molar-refractivity contribution in [2.24, 2.45) is 11.7 Å². The van der Waals surface area contributed by atoms with Crippen LogP contribution < -0.4 is 16.4 Å². The second-order valence-electron chi connectivity index (χ2n) is 5.35. The Morgan fingerprint density at radius 1 is 1.45 bits per heavy atom. The maximum atomic E-state index is 12.0. The fraction of sp³-hybridized carbons (Fsp3) is 0.500. The molecular weight excluding hydrogens is 278 g/mol. The monoisotopic (exact) mass is 295 g/mol. The van der Waals surface area contributed by atoms with Crippen molar-refractivity contribution in [2.75, 3.05) is 11.9 Å². The molecule has 1 saturated carbocycles.